The van der Waals surface area contributed by atoms with E-state index in [0.29, 0.717) is 42.2 Å². The van der Waals surface area contributed by atoms with Crippen molar-refractivity contribution in [3.63, 3.8) is 0 Å². The Morgan fingerprint density at radius 3 is 2.36 bits per heavy atom. The summed E-state index contributed by atoms with van der Waals surface area (Å²) in [7, 11) is 0. The van der Waals surface area contributed by atoms with Crippen molar-refractivity contribution < 1.29 is 28.7 Å². The molecule has 4 aliphatic rings. The number of fused-ring (bicyclic) bond motifs is 4. The average Bonchev–Trinajstić information content (AvgIpc) is 3.67. The first-order valence-electron chi connectivity index (χ1n) is 15.3. The summed E-state index contributed by atoms with van der Waals surface area (Å²) in [6, 6.07) is 20.2. The number of hydrogen-bond acceptors (Lipinski definition) is 7. The zero-order valence-corrected chi connectivity index (χ0v) is 24.7. The highest BCUT2D eigenvalue weighted by Crippen LogP contribution is 2.64. The van der Waals surface area contributed by atoms with Gasteiger partial charge >= 0.3 is 0 Å². The van der Waals surface area contributed by atoms with E-state index in [2.05, 4.69) is 5.43 Å². The lowest BCUT2D eigenvalue weighted by molar-refractivity contribution is -0.141. The number of carbonyl (C=O) groups excluding carboxylic acids is 4. The van der Waals surface area contributed by atoms with Crippen LogP contribution < -0.4 is 5.43 Å². The fourth-order valence-corrected chi connectivity index (χ4v) is 8.20. The van der Waals surface area contributed by atoms with E-state index < -0.39 is 40.9 Å². The fourth-order valence-electron chi connectivity index (χ4n) is 8.20. The minimum Gasteiger partial charge on any atom is -0.463 e. The van der Waals surface area contributed by atoms with Crippen molar-refractivity contribution in [2.75, 3.05) is 12.0 Å². The highest BCUT2D eigenvalue weighted by molar-refractivity contribution is 6.13. The third kappa shape index (κ3) is 3.95. The van der Waals surface area contributed by atoms with Gasteiger partial charge in [0.25, 0.3) is 11.8 Å². The van der Waals surface area contributed by atoms with E-state index in [9.17, 15) is 24.3 Å². The Morgan fingerprint density at radius 1 is 0.932 bits per heavy atom. The number of aliphatic hydroxyl groups is 1. The van der Waals surface area contributed by atoms with Gasteiger partial charge in [0.1, 0.15) is 23.5 Å². The van der Waals surface area contributed by atoms with Gasteiger partial charge < -0.3 is 9.52 Å². The molecule has 2 aliphatic carbocycles. The average molecular weight is 594 g/mol. The lowest BCUT2D eigenvalue weighted by Crippen LogP contribution is -2.53. The maximum Gasteiger partial charge on any atom is 0.260 e. The molecule has 0 bridgehead atoms. The Kier molecular flexibility index (Phi) is 6.81. The van der Waals surface area contributed by atoms with E-state index >= 15 is 0 Å². The number of rotatable bonds is 7. The number of nitrogens with zero attached hydrogens (tertiary/aromatic N) is 2. The normalized spacial score (nSPS) is 29.4. The van der Waals surface area contributed by atoms with Crippen molar-refractivity contribution in [2.45, 2.75) is 51.0 Å². The van der Waals surface area contributed by atoms with Crippen molar-refractivity contribution >= 4 is 29.3 Å². The monoisotopic (exact) mass is 593 g/mol. The van der Waals surface area contributed by atoms with Crippen LogP contribution in [0.1, 0.15) is 54.8 Å². The molecule has 3 fully saturated rings. The van der Waals surface area contributed by atoms with Crippen LogP contribution in [0, 0.1) is 30.6 Å². The molecule has 3 heterocycles. The molecule has 2 aromatic carbocycles. The van der Waals surface area contributed by atoms with Gasteiger partial charge in [-0.2, -0.15) is 5.01 Å². The van der Waals surface area contributed by atoms with Gasteiger partial charge in [0.05, 0.1) is 29.4 Å². The molecule has 0 radical (unpaired) electrons. The molecule has 9 nitrogen and oxygen atoms in total. The van der Waals surface area contributed by atoms with Crippen LogP contribution >= 0.6 is 0 Å². The Labute approximate surface area is 255 Å². The lowest BCUT2D eigenvalue weighted by atomic mass is 9.50. The summed E-state index contributed by atoms with van der Waals surface area (Å²) in [5, 5.41) is 11.0. The Bertz CT molecular complexity index is 1680. The maximum absolute atomic E-state index is 15.0. The zero-order valence-electron chi connectivity index (χ0n) is 24.7. The van der Waals surface area contributed by atoms with Crippen molar-refractivity contribution in [3.05, 3.63) is 101 Å². The molecule has 44 heavy (non-hydrogen) atoms. The smallest absolute Gasteiger partial charge is 0.260 e. The molecule has 7 rings (SSSR count). The number of allylic oxidation sites excluding steroid dienone is 2. The number of aryl methyl sites for hydroxylation is 1. The molecular formula is C35H35N3O6. The van der Waals surface area contributed by atoms with Gasteiger partial charge in [0.15, 0.2) is 0 Å². The second kappa shape index (κ2) is 10.6. The summed E-state index contributed by atoms with van der Waals surface area (Å²) in [6.07, 6.45) is 3.27. The third-order valence-corrected chi connectivity index (χ3v) is 10.1. The highest BCUT2D eigenvalue weighted by Gasteiger charge is 2.71. The molecule has 2 saturated heterocycles. The summed E-state index contributed by atoms with van der Waals surface area (Å²) in [5.74, 6) is -3.50. The first kappa shape index (κ1) is 28.3. The first-order chi connectivity index (χ1) is 21.3. The lowest BCUT2D eigenvalue weighted by Gasteiger charge is -2.49. The molecule has 0 spiro atoms. The summed E-state index contributed by atoms with van der Waals surface area (Å²) < 4.78 is 6.19. The van der Waals surface area contributed by atoms with E-state index in [4.69, 9.17) is 4.42 Å². The van der Waals surface area contributed by atoms with Crippen LogP contribution in [0.3, 0.4) is 0 Å². The van der Waals surface area contributed by atoms with E-state index in [0.717, 1.165) is 16.1 Å². The fraction of sp³-hybridized carbons (Fsp3) is 0.371. The Balaban J connectivity index is 1.43. The number of hydrogen-bond donors (Lipinski definition) is 2. The molecule has 3 aromatic rings. The molecule has 4 amide bonds. The van der Waals surface area contributed by atoms with Crippen LogP contribution in [0.2, 0.25) is 0 Å². The van der Waals surface area contributed by atoms with Gasteiger partial charge in [-0.1, -0.05) is 66.6 Å². The molecule has 9 heteroatoms. The maximum atomic E-state index is 15.0. The number of anilines is 1. The van der Waals surface area contributed by atoms with Gasteiger partial charge in [-0.25, -0.2) is 0 Å². The van der Waals surface area contributed by atoms with Crippen LogP contribution in [0.15, 0.2) is 82.8 Å². The predicted molar refractivity (Wildman–Crippen MR) is 160 cm³/mol. The molecule has 6 atom stereocenters. The standard InChI is InChI=1S/C35H35N3O6/c1-3-17-37-31(40)25-15-14-24-26(29(25)33(37)42)18-27-32(41)38(36-22-11-9-20(2)10-12-22)34(43)35(27,21-7-5-4-6-8-21)30(24)28-16-13-23(19-39)44-28/h4-14,16,25-27,29-30,36,39H,3,15,17-19H2,1-2H3. The van der Waals surface area contributed by atoms with Crippen LogP contribution in [-0.4, -0.2) is 45.2 Å². The number of amides is 4. The van der Waals surface area contributed by atoms with Gasteiger partial charge in [-0.05, 0) is 61.9 Å². The van der Waals surface area contributed by atoms with E-state index in [1.165, 1.54) is 4.90 Å². The number of hydrazine groups is 1. The molecule has 2 N–H and O–H groups in total. The van der Waals surface area contributed by atoms with Crippen LogP contribution in [-0.2, 0) is 31.2 Å². The Hall–Kier alpha value is -4.50. The number of benzene rings is 2. The first-order valence-corrected chi connectivity index (χ1v) is 15.3. The zero-order chi connectivity index (χ0) is 30.7. The number of aliphatic hydroxyl groups excluding tert-OH is 1. The van der Waals surface area contributed by atoms with Gasteiger partial charge in [-0.3, -0.25) is 29.5 Å². The number of carbonyl (C=O) groups is 4. The van der Waals surface area contributed by atoms with Crippen molar-refractivity contribution in [2.24, 2.45) is 23.7 Å². The largest absolute Gasteiger partial charge is 0.463 e. The molecule has 6 unspecified atom stereocenters. The minimum absolute atomic E-state index is 0.161. The number of nitrogens with one attached hydrogen (secondary N) is 1. The van der Waals surface area contributed by atoms with E-state index in [-0.39, 0.29) is 30.7 Å². The second-order valence-corrected chi connectivity index (χ2v) is 12.4. The van der Waals surface area contributed by atoms with Crippen LogP contribution in [0.25, 0.3) is 0 Å². The van der Waals surface area contributed by atoms with E-state index in [1.807, 2.05) is 74.5 Å². The second-order valence-electron chi connectivity index (χ2n) is 12.4. The summed E-state index contributed by atoms with van der Waals surface area (Å²) in [5.41, 5.74) is 4.85. The van der Waals surface area contributed by atoms with Crippen LogP contribution in [0.5, 0.6) is 0 Å². The number of likely N-dealkylation sites (tertiary alicyclic amines) is 1. The number of furan rings is 1. The van der Waals surface area contributed by atoms with Crippen molar-refractivity contribution in [1.29, 1.82) is 0 Å². The van der Waals surface area contributed by atoms with Crippen molar-refractivity contribution in [1.82, 2.24) is 9.91 Å². The molecule has 1 aromatic heterocycles. The Morgan fingerprint density at radius 2 is 1.68 bits per heavy atom. The quantitative estimate of drug-likeness (QED) is 0.306. The molecular weight excluding hydrogens is 558 g/mol. The number of imide groups is 2. The highest BCUT2D eigenvalue weighted by atomic mass is 16.4. The minimum atomic E-state index is -1.38. The predicted octanol–water partition coefficient (Wildman–Crippen LogP) is 4.48. The molecule has 1 saturated carbocycles. The van der Waals surface area contributed by atoms with Crippen molar-refractivity contribution in [3.8, 4) is 0 Å². The van der Waals surface area contributed by atoms with Gasteiger partial charge in [-0.15, -0.1) is 0 Å². The van der Waals surface area contributed by atoms with Gasteiger partial charge in [0, 0.05) is 6.54 Å². The van der Waals surface area contributed by atoms with Crippen LogP contribution in [0.4, 0.5) is 5.69 Å². The summed E-state index contributed by atoms with van der Waals surface area (Å²) in [6.45, 7) is 3.93. The van der Waals surface area contributed by atoms with Gasteiger partial charge in [0.2, 0.25) is 11.8 Å². The topological polar surface area (TPSA) is 120 Å². The molecule has 2 aliphatic heterocycles. The molecule has 226 valence electrons. The van der Waals surface area contributed by atoms with E-state index in [1.54, 1.807) is 12.1 Å². The summed E-state index contributed by atoms with van der Waals surface area (Å²) >= 11 is 0. The SMILES string of the molecule is CCCN1C(=O)C2CC=C3C(CC4C(=O)N(Nc5ccc(C)cc5)C(=O)C4(c4ccccc4)C3c3ccc(CO)o3)C2C1=O. The summed E-state index contributed by atoms with van der Waals surface area (Å²) in [4.78, 5) is 58.1. The third-order valence-electron chi connectivity index (χ3n) is 10.1.